The summed E-state index contributed by atoms with van der Waals surface area (Å²) in [5, 5.41) is 14.0. The van der Waals surface area contributed by atoms with Crippen molar-refractivity contribution in [3.8, 4) is 0 Å². The summed E-state index contributed by atoms with van der Waals surface area (Å²) in [6, 6.07) is 17.4. The molecular weight excluding hydrogens is 372 g/mol. The Hall–Kier alpha value is -2.17. The van der Waals surface area contributed by atoms with Crippen LogP contribution in [-0.2, 0) is 24.1 Å². The minimum absolute atomic E-state index is 0.0855. The van der Waals surface area contributed by atoms with Crippen LogP contribution in [0.5, 0.6) is 0 Å². The molecule has 4 rings (SSSR count). The van der Waals surface area contributed by atoms with Crippen molar-refractivity contribution in [1.29, 1.82) is 0 Å². The standard InChI is InChI=1S/C26H34N2O2/c1-19(28-30-14-12-20-5-3-2-4-6-20)21-7-8-23-16-24(10-9-22(23)15-21)25-11-13-26(27,17-25)18-29/h2-6,9-10,16,21,25,29H,7-8,11-15,17-18,27H2,1H3/b28-19+/t21-,25+,26-/m1/s1. The van der Waals surface area contributed by atoms with E-state index in [1.807, 2.05) is 6.07 Å². The van der Waals surface area contributed by atoms with Gasteiger partial charge in [-0.2, -0.15) is 0 Å². The quantitative estimate of drug-likeness (QED) is 0.407. The maximum absolute atomic E-state index is 9.55. The number of nitrogens with zero attached hydrogens (tertiary/aromatic N) is 1. The van der Waals surface area contributed by atoms with Gasteiger partial charge in [0.1, 0.15) is 6.61 Å². The molecule has 0 spiro atoms. The third kappa shape index (κ3) is 4.93. The topological polar surface area (TPSA) is 67.8 Å². The molecule has 2 aliphatic carbocycles. The first-order valence-corrected chi connectivity index (χ1v) is 11.3. The van der Waals surface area contributed by atoms with E-state index in [1.165, 1.54) is 22.3 Å². The highest BCUT2D eigenvalue weighted by Gasteiger charge is 2.36. The minimum atomic E-state index is -0.389. The van der Waals surface area contributed by atoms with Gasteiger partial charge in [-0.15, -0.1) is 0 Å². The lowest BCUT2D eigenvalue weighted by atomic mass is 9.80. The molecule has 160 valence electrons. The Labute approximate surface area is 180 Å². The average molecular weight is 407 g/mol. The van der Waals surface area contributed by atoms with E-state index in [9.17, 15) is 5.11 Å². The number of hydrogen-bond donors (Lipinski definition) is 2. The lowest BCUT2D eigenvalue weighted by Gasteiger charge is -2.26. The normalized spacial score (nSPS) is 26.4. The van der Waals surface area contributed by atoms with E-state index in [1.54, 1.807) is 0 Å². The molecule has 4 nitrogen and oxygen atoms in total. The summed E-state index contributed by atoms with van der Waals surface area (Å²) in [6.07, 6.45) is 7.00. The molecule has 0 heterocycles. The Morgan fingerprint density at radius 2 is 2.00 bits per heavy atom. The van der Waals surface area contributed by atoms with Crippen LogP contribution in [0.3, 0.4) is 0 Å². The van der Waals surface area contributed by atoms with Crippen LogP contribution in [0.15, 0.2) is 53.7 Å². The molecule has 0 amide bonds. The third-order valence-electron chi connectivity index (χ3n) is 7.01. The maximum Gasteiger partial charge on any atom is 0.121 e. The van der Waals surface area contributed by atoms with Crippen molar-refractivity contribution >= 4 is 5.71 Å². The molecular formula is C26H34N2O2. The fourth-order valence-corrected chi connectivity index (χ4v) is 5.00. The van der Waals surface area contributed by atoms with Crippen LogP contribution in [0.2, 0.25) is 0 Å². The molecule has 2 aromatic carbocycles. The van der Waals surface area contributed by atoms with Crippen LogP contribution in [-0.4, -0.2) is 29.6 Å². The smallest absolute Gasteiger partial charge is 0.121 e. The van der Waals surface area contributed by atoms with Gasteiger partial charge in [0.15, 0.2) is 0 Å². The summed E-state index contributed by atoms with van der Waals surface area (Å²) in [6.45, 7) is 2.80. The van der Waals surface area contributed by atoms with Gasteiger partial charge < -0.3 is 15.7 Å². The first kappa shape index (κ1) is 21.1. The van der Waals surface area contributed by atoms with Crippen molar-refractivity contribution in [3.63, 3.8) is 0 Å². The Kier molecular flexibility index (Phi) is 6.55. The van der Waals surface area contributed by atoms with Gasteiger partial charge in [0, 0.05) is 17.9 Å². The summed E-state index contributed by atoms with van der Waals surface area (Å²) in [5.74, 6) is 0.934. The molecule has 0 saturated heterocycles. The van der Waals surface area contributed by atoms with Crippen LogP contribution in [0.1, 0.15) is 60.8 Å². The predicted molar refractivity (Wildman–Crippen MR) is 122 cm³/mol. The molecule has 0 aromatic heterocycles. The van der Waals surface area contributed by atoms with Crippen molar-refractivity contribution in [1.82, 2.24) is 0 Å². The van der Waals surface area contributed by atoms with Crippen LogP contribution >= 0.6 is 0 Å². The average Bonchev–Trinajstić information content (AvgIpc) is 3.19. The van der Waals surface area contributed by atoms with Gasteiger partial charge in [-0.25, -0.2) is 0 Å². The highest BCUT2D eigenvalue weighted by atomic mass is 16.6. The van der Waals surface area contributed by atoms with Crippen LogP contribution < -0.4 is 5.73 Å². The molecule has 2 aromatic rings. The number of aryl methyl sites for hydroxylation is 1. The molecule has 1 saturated carbocycles. The number of rotatable bonds is 7. The predicted octanol–water partition coefficient (Wildman–Crippen LogP) is 4.38. The van der Waals surface area contributed by atoms with Gasteiger partial charge in [0.25, 0.3) is 0 Å². The fourth-order valence-electron chi connectivity index (χ4n) is 5.00. The summed E-state index contributed by atoms with van der Waals surface area (Å²) >= 11 is 0. The Bertz CT molecular complexity index is 880. The summed E-state index contributed by atoms with van der Waals surface area (Å²) in [7, 11) is 0. The van der Waals surface area contributed by atoms with Gasteiger partial charge in [0.2, 0.25) is 0 Å². The second kappa shape index (κ2) is 9.32. The maximum atomic E-state index is 9.55. The van der Waals surface area contributed by atoms with E-state index in [0.29, 0.717) is 18.4 Å². The SMILES string of the molecule is C/C(=N\OCCc1ccccc1)[C@@H]1CCc2cc([C@H]3CC[C@](N)(CO)C3)ccc2C1. The number of aliphatic hydroxyl groups excluding tert-OH is 1. The number of fused-ring (bicyclic) bond motifs is 1. The molecule has 2 aliphatic rings. The third-order valence-corrected chi connectivity index (χ3v) is 7.01. The van der Waals surface area contributed by atoms with E-state index in [0.717, 1.165) is 50.7 Å². The van der Waals surface area contributed by atoms with Gasteiger partial charge in [0.05, 0.1) is 12.3 Å². The summed E-state index contributed by atoms with van der Waals surface area (Å²) in [5.41, 5.74) is 12.6. The first-order valence-electron chi connectivity index (χ1n) is 11.3. The largest absolute Gasteiger partial charge is 0.396 e. The van der Waals surface area contributed by atoms with Gasteiger partial charge in [-0.05, 0) is 73.6 Å². The lowest BCUT2D eigenvalue weighted by molar-refractivity contribution is 0.145. The Morgan fingerprint density at radius 3 is 2.77 bits per heavy atom. The van der Waals surface area contributed by atoms with Gasteiger partial charge >= 0.3 is 0 Å². The van der Waals surface area contributed by atoms with Gasteiger partial charge in [-0.3, -0.25) is 0 Å². The molecule has 3 atom stereocenters. The van der Waals surface area contributed by atoms with E-state index in [4.69, 9.17) is 10.6 Å². The summed E-state index contributed by atoms with van der Waals surface area (Å²) in [4.78, 5) is 5.61. The van der Waals surface area contributed by atoms with E-state index in [2.05, 4.69) is 54.5 Å². The Morgan fingerprint density at radius 1 is 1.17 bits per heavy atom. The highest BCUT2D eigenvalue weighted by molar-refractivity contribution is 5.84. The van der Waals surface area contributed by atoms with Gasteiger partial charge in [-0.1, -0.05) is 53.7 Å². The monoisotopic (exact) mass is 406 g/mol. The van der Waals surface area contributed by atoms with Crippen molar-refractivity contribution in [3.05, 3.63) is 70.8 Å². The highest BCUT2D eigenvalue weighted by Crippen LogP contribution is 2.40. The molecule has 1 fully saturated rings. The Balaban J connectivity index is 1.32. The second-order valence-electron chi connectivity index (χ2n) is 9.23. The summed E-state index contributed by atoms with van der Waals surface area (Å²) < 4.78 is 0. The van der Waals surface area contributed by atoms with Crippen molar-refractivity contribution in [2.24, 2.45) is 16.8 Å². The van der Waals surface area contributed by atoms with Crippen molar-refractivity contribution in [2.45, 2.75) is 63.3 Å². The van der Waals surface area contributed by atoms with Crippen molar-refractivity contribution < 1.29 is 9.94 Å². The second-order valence-corrected chi connectivity index (χ2v) is 9.23. The molecule has 3 N–H and O–H groups in total. The van der Waals surface area contributed by atoms with Crippen LogP contribution in [0.25, 0.3) is 0 Å². The van der Waals surface area contributed by atoms with E-state index < -0.39 is 0 Å². The zero-order valence-electron chi connectivity index (χ0n) is 18.0. The zero-order chi connectivity index (χ0) is 21.0. The van der Waals surface area contributed by atoms with Crippen molar-refractivity contribution in [2.75, 3.05) is 13.2 Å². The van der Waals surface area contributed by atoms with E-state index in [-0.39, 0.29) is 12.1 Å². The molecule has 0 radical (unpaired) electrons. The molecule has 0 bridgehead atoms. The fraction of sp³-hybridized carbons (Fsp3) is 0.500. The first-order chi connectivity index (χ1) is 14.6. The number of nitrogens with two attached hydrogens (primary N) is 1. The van der Waals surface area contributed by atoms with Crippen LogP contribution in [0.4, 0.5) is 0 Å². The number of benzene rings is 2. The number of hydrogen-bond acceptors (Lipinski definition) is 4. The zero-order valence-corrected chi connectivity index (χ0v) is 18.0. The lowest BCUT2D eigenvalue weighted by Crippen LogP contribution is -2.40. The van der Waals surface area contributed by atoms with Crippen LogP contribution in [0, 0.1) is 5.92 Å². The molecule has 4 heteroatoms. The molecule has 0 unspecified atom stereocenters. The number of oxime groups is 1. The van der Waals surface area contributed by atoms with E-state index >= 15 is 0 Å². The minimum Gasteiger partial charge on any atom is -0.396 e. The molecule has 0 aliphatic heterocycles. The number of aliphatic hydroxyl groups is 1. The molecule has 30 heavy (non-hydrogen) atoms.